The van der Waals surface area contributed by atoms with Crippen molar-refractivity contribution in [2.45, 2.75) is 89.0 Å². The van der Waals surface area contributed by atoms with Crippen LogP contribution in [0.3, 0.4) is 0 Å². The zero-order valence-corrected chi connectivity index (χ0v) is 17.0. The normalized spacial score (nSPS) is 32.2. The van der Waals surface area contributed by atoms with Gasteiger partial charge in [0.05, 0.1) is 6.61 Å². The fraction of sp³-hybridized carbons (Fsp3) is 0.938. The van der Waals surface area contributed by atoms with Crippen molar-refractivity contribution in [3.05, 3.63) is 10.4 Å². The minimum absolute atomic E-state index is 0.180. The van der Waals surface area contributed by atoms with Crippen LogP contribution in [0.2, 0.25) is 18.1 Å². The molecule has 0 unspecified atom stereocenters. The van der Waals surface area contributed by atoms with Crippen LogP contribution in [0.1, 0.15) is 34.6 Å². The maximum Gasteiger partial charge on any atom is 0.318 e. The van der Waals surface area contributed by atoms with E-state index in [9.17, 15) is 9.90 Å². The zero-order valence-electron chi connectivity index (χ0n) is 16.0. The Labute approximate surface area is 154 Å². The first-order chi connectivity index (χ1) is 12.2. The van der Waals surface area contributed by atoms with E-state index >= 15 is 0 Å². The largest absolute Gasteiger partial charge is 0.456 e. The molecule has 10 heteroatoms. The Bertz CT molecular complexity index is 556. The van der Waals surface area contributed by atoms with Crippen LogP contribution in [0.15, 0.2) is 5.11 Å². The molecule has 0 amide bonds. The van der Waals surface area contributed by atoms with Crippen molar-refractivity contribution in [2.24, 2.45) is 5.11 Å². The van der Waals surface area contributed by atoms with Gasteiger partial charge in [-0.2, -0.15) is 0 Å². The third kappa shape index (κ3) is 4.21. The fourth-order valence-electron chi connectivity index (χ4n) is 3.53. The minimum Gasteiger partial charge on any atom is -0.456 e. The fourth-order valence-corrected chi connectivity index (χ4v) is 6.37. The molecule has 2 heterocycles. The number of aliphatic hydroxyl groups excluding tert-OH is 1. The van der Waals surface area contributed by atoms with E-state index in [1.165, 1.54) is 0 Å². The molecule has 26 heavy (non-hydrogen) atoms. The molecule has 2 fully saturated rings. The third-order valence-corrected chi connectivity index (χ3v) is 10.0. The predicted octanol–water partition coefficient (Wildman–Crippen LogP) is 2.49. The Balaban J connectivity index is 2.27. The van der Waals surface area contributed by atoms with Gasteiger partial charge in [0.1, 0.15) is 18.3 Å². The summed E-state index contributed by atoms with van der Waals surface area (Å²) in [7, 11) is -2.14. The Kier molecular flexibility index (Phi) is 6.70. The summed E-state index contributed by atoms with van der Waals surface area (Å²) in [4.78, 5) is 15.0. The van der Waals surface area contributed by atoms with Crippen LogP contribution >= 0.6 is 0 Å². The highest BCUT2D eigenvalue weighted by Crippen LogP contribution is 2.35. The zero-order chi connectivity index (χ0) is 19.5. The van der Waals surface area contributed by atoms with Crippen LogP contribution in [0.4, 0.5) is 0 Å². The van der Waals surface area contributed by atoms with Crippen molar-refractivity contribution < 1.29 is 28.5 Å². The molecule has 148 valence electrons. The summed E-state index contributed by atoms with van der Waals surface area (Å²) in [5.41, 5.74) is 8.84. The van der Waals surface area contributed by atoms with Crippen LogP contribution < -0.4 is 0 Å². The highest BCUT2D eigenvalue weighted by Gasteiger charge is 2.54. The van der Waals surface area contributed by atoms with Crippen LogP contribution in [0.5, 0.6) is 0 Å². The number of rotatable bonds is 8. The SMILES string of the molecule is CC[Si](CC)(CC)O[C@@H]1[C@H]([C@H](O)[C@H]2COC(C)(C)O2)OC(=O)[C@H]1N=[N+]=[N-]. The molecule has 2 aliphatic heterocycles. The van der Waals surface area contributed by atoms with Gasteiger partial charge in [0.25, 0.3) is 0 Å². The molecule has 2 saturated heterocycles. The molecule has 0 saturated carbocycles. The lowest BCUT2D eigenvalue weighted by Crippen LogP contribution is -2.52. The molecule has 2 rings (SSSR count). The first kappa shape index (κ1) is 21.1. The molecule has 9 nitrogen and oxygen atoms in total. The monoisotopic (exact) mass is 387 g/mol. The molecule has 0 aromatic heterocycles. The standard InChI is InChI=1S/C16H29N3O6Si/c1-6-26(7-2,8-3)25-13-11(18-19-17)15(21)23-14(13)12(20)10-9-22-16(4,5)24-10/h10-14,20H,6-9H2,1-5H3/t10-,11+,12-,13+,14+/m1/s1. The molecule has 5 atom stereocenters. The van der Waals surface area contributed by atoms with E-state index in [-0.39, 0.29) is 6.61 Å². The molecule has 0 radical (unpaired) electrons. The summed E-state index contributed by atoms with van der Waals surface area (Å²) in [5, 5.41) is 14.4. The van der Waals surface area contributed by atoms with Gasteiger partial charge in [0.15, 0.2) is 26.3 Å². The van der Waals surface area contributed by atoms with E-state index < -0.39 is 50.5 Å². The van der Waals surface area contributed by atoms with E-state index in [2.05, 4.69) is 30.8 Å². The lowest BCUT2D eigenvalue weighted by molar-refractivity contribution is -0.170. The molecule has 0 spiro atoms. The van der Waals surface area contributed by atoms with Gasteiger partial charge >= 0.3 is 5.97 Å². The van der Waals surface area contributed by atoms with Crippen LogP contribution in [-0.2, 0) is 23.4 Å². The number of ether oxygens (including phenoxy) is 3. The van der Waals surface area contributed by atoms with Crippen molar-refractivity contribution in [1.29, 1.82) is 0 Å². The molecule has 0 aliphatic carbocycles. The molecular weight excluding hydrogens is 358 g/mol. The lowest BCUT2D eigenvalue weighted by Gasteiger charge is -2.35. The minimum atomic E-state index is -2.14. The van der Waals surface area contributed by atoms with Crippen molar-refractivity contribution >= 4 is 14.3 Å². The first-order valence-electron chi connectivity index (χ1n) is 9.15. The summed E-state index contributed by atoms with van der Waals surface area (Å²) >= 11 is 0. The number of azide groups is 1. The summed E-state index contributed by atoms with van der Waals surface area (Å²) in [6, 6.07) is 1.46. The van der Waals surface area contributed by atoms with E-state index in [0.717, 1.165) is 18.1 Å². The van der Waals surface area contributed by atoms with E-state index in [1.807, 2.05) is 0 Å². The summed E-state index contributed by atoms with van der Waals surface area (Å²) in [6.45, 7) is 9.85. The molecule has 1 N–H and O–H groups in total. The Morgan fingerprint density at radius 2 is 2.00 bits per heavy atom. The van der Waals surface area contributed by atoms with Crippen LogP contribution in [0.25, 0.3) is 10.4 Å². The van der Waals surface area contributed by atoms with E-state index in [4.69, 9.17) is 24.2 Å². The van der Waals surface area contributed by atoms with Gasteiger partial charge in [0.2, 0.25) is 0 Å². The molecule has 2 aliphatic rings. The van der Waals surface area contributed by atoms with Gasteiger partial charge in [0, 0.05) is 4.91 Å². The maximum atomic E-state index is 12.2. The van der Waals surface area contributed by atoms with Gasteiger partial charge < -0.3 is 23.7 Å². The number of carbonyl (C=O) groups is 1. The Morgan fingerprint density at radius 3 is 2.46 bits per heavy atom. The van der Waals surface area contributed by atoms with Crippen LogP contribution in [-0.4, -0.2) is 62.2 Å². The Morgan fingerprint density at radius 1 is 1.38 bits per heavy atom. The van der Waals surface area contributed by atoms with E-state index in [0.29, 0.717) is 0 Å². The highest BCUT2D eigenvalue weighted by atomic mass is 28.4. The number of nitrogens with zero attached hydrogens (tertiary/aromatic N) is 3. The van der Waals surface area contributed by atoms with Gasteiger partial charge in [-0.05, 0) is 37.5 Å². The molecule has 0 aromatic carbocycles. The second kappa shape index (κ2) is 8.24. The highest BCUT2D eigenvalue weighted by molar-refractivity contribution is 6.73. The van der Waals surface area contributed by atoms with Gasteiger partial charge in [-0.25, -0.2) is 0 Å². The van der Waals surface area contributed by atoms with Crippen molar-refractivity contribution in [1.82, 2.24) is 0 Å². The summed E-state index contributed by atoms with van der Waals surface area (Å²) < 4.78 is 23.0. The van der Waals surface area contributed by atoms with Gasteiger partial charge in [-0.3, -0.25) is 4.79 Å². The molecular formula is C16H29N3O6Si. The van der Waals surface area contributed by atoms with Gasteiger partial charge in [-0.15, -0.1) is 0 Å². The average Bonchev–Trinajstić information content (AvgIpc) is 3.13. The maximum absolute atomic E-state index is 12.2. The number of aliphatic hydroxyl groups is 1. The number of hydrogen-bond acceptors (Lipinski definition) is 7. The quantitative estimate of drug-likeness (QED) is 0.224. The predicted molar refractivity (Wildman–Crippen MR) is 95.8 cm³/mol. The summed E-state index contributed by atoms with van der Waals surface area (Å²) in [5.74, 6) is -1.50. The van der Waals surface area contributed by atoms with Crippen molar-refractivity contribution in [3.8, 4) is 0 Å². The second-order valence-electron chi connectivity index (χ2n) is 7.24. The smallest absolute Gasteiger partial charge is 0.318 e. The van der Waals surface area contributed by atoms with E-state index in [1.54, 1.807) is 13.8 Å². The van der Waals surface area contributed by atoms with Crippen molar-refractivity contribution in [2.75, 3.05) is 6.61 Å². The average molecular weight is 388 g/mol. The molecule has 0 aromatic rings. The number of carbonyl (C=O) groups excluding carboxylic acids is 1. The first-order valence-corrected chi connectivity index (χ1v) is 11.7. The molecule has 0 bridgehead atoms. The lowest BCUT2D eigenvalue weighted by atomic mass is 10.0. The van der Waals surface area contributed by atoms with Crippen molar-refractivity contribution in [3.63, 3.8) is 0 Å². The van der Waals surface area contributed by atoms with Gasteiger partial charge in [-0.1, -0.05) is 25.9 Å². The second-order valence-corrected chi connectivity index (χ2v) is 12.0. The third-order valence-electron chi connectivity index (χ3n) is 5.37. The number of hydrogen-bond donors (Lipinski definition) is 1. The van der Waals surface area contributed by atoms with Crippen LogP contribution in [0, 0.1) is 0 Å². The topological polar surface area (TPSA) is 123 Å². The summed E-state index contributed by atoms with van der Waals surface area (Å²) in [6.07, 6.45) is -3.58. The number of cyclic esters (lactones) is 1. The Hall–Kier alpha value is -1.16. The number of esters is 1.